The maximum absolute atomic E-state index is 12.1. The summed E-state index contributed by atoms with van der Waals surface area (Å²) in [4.78, 5) is 14.6. The lowest BCUT2D eigenvalue weighted by molar-refractivity contribution is -0.125. The van der Waals surface area contributed by atoms with Gasteiger partial charge in [-0.15, -0.1) is 0 Å². The van der Waals surface area contributed by atoms with E-state index < -0.39 is 0 Å². The van der Waals surface area contributed by atoms with Gasteiger partial charge < -0.3 is 15.5 Å². The van der Waals surface area contributed by atoms with Gasteiger partial charge in [0, 0.05) is 18.5 Å². The summed E-state index contributed by atoms with van der Waals surface area (Å²) in [5.74, 6) is 0.509. The van der Waals surface area contributed by atoms with E-state index in [-0.39, 0.29) is 11.8 Å². The average molecular weight is 281 g/mol. The molecule has 1 atom stereocenters. The third-order valence-electron chi connectivity index (χ3n) is 4.88. The Kier molecular flexibility index (Phi) is 6.80. The van der Waals surface area contributed by atoms with E-state index >= 15 is 0 Å². The fraction of sp³-hybridized carbons (Fsp3) is 0.938. The van der Waals surface area contributed by atoms with Crippen LogP contribution in [0.1, 0.15) is 51.4 Å². The zero-order valence-electron chi connectivity index (χ0n) is 13.0. The van der Waals surface area contributed by atoms with Gasteiger partial charge in [0.05, 0.1) is 0 Å². The van der Waals surface area contributed by atoms with Crippen LogP contribution >= 0.6 is 0 Å². The van der Waals surface area contributed by atoms with E-state index in [1.165, 1.54) is 25.7 Å². The molecule has 0 spiro atoms. The van der Waals surface area contributed by atoms with Crippen LogP contribution in [0.25, 0.3) is 0 Å². The number of hydrogen-bond donors (Lipinski definition) is 2. The Bertz CT molecular complexity index is 281. The molecule has 0 aromatic heterocycles. The predicted molar refractivity (Wildman–Crippen MR) is 82.7 cm³/mol. The van der Waals surface area contributed by atoms with Crippen LogP contribution in [-0.2, 0) is 4.79 Å². The van der Waals surface area contributed by atoms with Crippen LogP contribution in [0.15, 0.2) is 0 Å². The zero-order valence-corrected chi connectivity index (χ0v) is 13.0. The highest BCUT2D eigenvalue weighted by Gasteiger charge is 2.20. The van der Waals surface area contributed by atoms with Gasteiger partial charge in [-0.3, -0.25) is 4.79 Å². The number of nitrogens with zero attached hydrogens (tertiary/aromatic N) is 1. The zero-order chi connectivity index (χ0) is 14.2. The molecule has 1 unspecified atom stereocenters. The van der Waals surface area contributed by atoms with Crippen LogP contribution < -0.4 is 10.6 Å². The number of carbonyl (C=O) groups excluding carboxylic acids is 1. The number of nitrogens with one attached hydrogen (secondary N) is 2. The first-order valence-electron chi connectivity index (χ1n) is 8.46. The second-order valence-corrected chi connectivity index (χ2v) is 6.44. The summed E-state index contributed by atoms with van der Waals surface area (Å²) in [5, 5.41) is 6.49. The van der Waals surface area contributed by atoms with Gasteiger partial charge in [0.2, 0.25) is 5.91 Å². The quantitative estimate of drug-likeness (QED) is 0.729. The van der Waals surface area contributed by atoms with Crippen LogP contribution in [-0.4, -0.2) is 50.1 Å². The number of carbonyl (C=O) groups is 1. The molecule has 1 saturated heterocycles. The van der Waals surface area contributed by atoms with Gasteiger partial charge in [-0.25, -0.2) is 0 Å². The van der Waals surface area contributed by atoms with Crippen molar-refractivity contribution >= 4 is 5.91 Å². The Morgan fingerprint density at radius 1 is 1.15 bits per heavy atom. The Morgan fingerprint density at radius 2 is 1.95 bits per heavy atom. The Balaban J connectivity index is 1.56. The van der Waals surface area contributed by atoms with E-state index in [4.69, 9.17) is 0 Å². The van der Waals surface area contributed by atoms with Gasteiger partial charge in [-0.2, -0.15) is 0 Å². The first-order chi connectivity index (χ1) is 9.77. The summed E-state index contributed by atoms with van der Waals surface area (Å²) in [6, 6.07) is 0.790. The number of rotatable bonds is 6. The maximum atomic E-state index is 12.1. The lowest BCUT2D eigenvalue weighted by Crippen LogP contribution is -2.35. The molecule has 1 amide bonds. The first-order valence-corrected chi connectivity index (χ1v) is 8.46. The molecule has 20 heavy (non-hydrogen) atoms. The van der Waals surface area contributed by atoms with Gasteiger partial charge in [-0.05, 0) is 65.2 Å². The monoisotopic (exact) mass is 281 g/mol. The van der Waals surface area contributed by atoms with Gasteiger partial charge in [-0.1, -0.05) is 12.8 Å². The highest BCUT2D eigenvalue weighted by molar-refractivity contribution is 5.78. The molecule has 116 valence electrons. The van der Waals surface area contributed by atoms with Crippen LogP contribution in [0.3, 0.4) is 0 Å². The summed E-state index contributed by atoms with van der Waals surface area (Å²) in [5.41, 5.74) is 0. The first kappa shape index (κ1) is 15.8. The fourth-order valence-corrected chi connectivity index (χ4v) is 3.49. The molecule has 1 aliphatic heterocycles. The molecule has 2 rings (SSSR count). The molecule has 1 saturated carbocycles. The predicted octanol–water partition coefficient (Wildman–Crippen LogP) is 1.76. The SMILES string of the molecule is CN(CCCNC(=O)C1CCCNCC1)C1CCCC1. The highest BCUT2D eigenvalue weighted by atomic mass is 16.1. The molecule has 2 fully saturated rings. The van der Waals surface area contributed by atoms with Crippen molar-refractivity contribution in [3.05, 3.63) is 0 Å². The van der Waals surface area contributed by atoms with Crippen molar-refractivity contribution in [1.82, 2.24) is 15.5 Å². The maximum Gasteiger partial charge on any atom is 0.223 e. The lowest BCUT2D eigenvalue weighted by Gasteiger charge is -2.24. The summed E-state index contributed by atoms with van der Waals surface area (Å²) in [6.07, 6.45) is 9.74. The van der Waals surface area contributed by atoms with Crippen molar-refractivity contribution < 1.29 is 4.79 Å². The van der Waals surface area contributed by atoms with Crippen molar-refractivity contribution in [2.45, 2.75) is 57.4 Å². The van der Waals surface area contributed by atoms with Gasteiger partial charge in [0.15, 0.2) is 0 Å². The third kappa shape index (κ3) is 5.06. The minimum atomic E-state index is 0.234. The molecule has 2 N–H and O–H groups in total. The van der Waals surface area contributed by atoms with E-state index in [1.54, 1.807) is 0 Å². The Hall–Kier alpha value is -0.610. The van der Waals surface area contributed by atoms with Crippen LogP contribution in [0.4, 0.5) is 0 Å². The molecule has 0 aromatic carbocycles. The van der Waals surface area contributed by atoms with Gasteiger partial charge >= 0.3 is 0 Å². The second kappa shape index (κ2) is 8.63. The van der Waals surface area contributed by atoms with E-state index in [1.807, 2.05) is 0 Å². The van der Waals surface area contributed by atoms with Crippen LogP contribution in [0.2, 0.25) is 0 Å². The van der Waals surface area contributed by atoms with E-state index in [0.29, 0.717) is 0 Å². The normalized spacial score (nSPS) is 24.8. The van der Waals surface area contributed by atoms with Gasteiger partial charge in [0.25, 0.3) is 0 Å². The summed E-state index contributed by atoms with van der Waals surface area (Å²) in [6.45, 7) is 4.00. The topological polar surface area (TPSA) is 44.4 Å². The van der Waals surface area contributed by atoms with Crippen molar-refractivity contribution in [2.24, 2.45) is 5.92 Å². The van der Waals surface area contributed by atoms with Crippen molar-refractivity contribution in [1.29, 1.82) is 0 Å². The molecular weight excluding hydrogens is 250 g/mol. The minimum absolute atomic E-state index is 0.234. The van der Waals surface area contributed by atoms with Gasteiger partial charge in [0.1, 0.15) is 0 Å². The summed E-state index contributed by atoms with van der Waals surface area (Å²) < 4.78 is 0. The largest absolute Gasteiger partial charge is 0.356 e. The summed E-state index contributed by atoms with van der Waals surface area (Å²) >= 11 is 0. The highest BCUT2D eigenvalue weighted by Crippen LogP contribution is 2.22. The smallest absolute Gasteiger partial charge is 0.223 e. The molecule has 2 aliphatic rings. The molecule has 0 aromatic rings. The van der Waals surface area contributed by atoms with Crippen molar-refractivity contribution in [3.63, 3.8) is 0 Å². The average Bonchev–Trinajstić information content (AvgIpc) is 2.85. The molecular formula is C16H31N3O. The van der Waals surface area contributed by atoms with E-state index in [2.05, 4.69) is 22.6 Å². The van der Waals surface area contributed by atoms with E-state index in [0.717, 1.165) is 57.9 Å². The van der Waals surface area contributed by atoms with Crippen molar-refractivity contribution in [3.8, 4) is 0 Å². The lowest BCUT2D eigenvalue weighted by atomic mass is 10.00. The molecule has 4 nitrogen and oxygen atoms in total. The number of amides is 1. The summed E-state index contributed by atoms with van der Waals surface area (Å²) in [7, 11) is 2.23. The Morgan fingerprint density at radius 3 is 2.75 bits per heavy atom. The fourth-order valence-electron chi connectivity index (χ4n) is 3.49. The Labute approximate surface area is 123 Å². The molecule has 1 aliphatic carbocycles. The molecule has 0 bridgehead atoms. The molecule has 1 heterocycles. The second-order valence-electron chi connectivity index (χ2n) is 6.44. The number of hydrogen-bond acceptors (Lipinski definition) is 3. The molecule has 0 radical (unpaired) electrons. The van der Waals surface area contributed by atoms with Crippen LogP contribution in [0.5, 0.6) is 0 Å². The standard InChI is InChI=1S/C16H31N3O/c1-19(15-7-2-3-8-15)13-5-11-18-16(20)14-6-4-10-17-12-9-14/h14-15,17H,2-13H2,1H3,(H,18,20). The van der Waals surface area contributed by atoms with Crippen LogP contribution in [0, 0.1) is 5.92 Å². The minimum Gasteiger partial charge on any atom is -0.356 e. The third-order valence-corrected chi connectivity index (χ3v) is 4.88. The van der Waals surface area contributed by atoms with Crippen molar-refractivity contribution in [2.75, 3.05) is 33.2 Å². The van der Waals surface area contributed by atoms with E-state index in [9.17, 15) is 4.79 Å². The molecule has 4 heteroatoms.